The molecule has 0 fully saturated rings. The Morgan fingerprint density at radius 1 is 0.455 bits per heavy atom. The minimum atomic E-state index is 0.878. The molecular weight excluding hydrogens is 536 g/mol. The van der Waals surface area contributed by atoms with E-state index in [9.17, 15) is 0 Å². The van der Waals surface area contributed by atoms with Crippen molar-refractivity contribution in [2.24, 2.45) is 0 Å². The number of nitrogens with zero attached hydrogens (tertiary/aromatic N) is 4. The zero-order valence-electron chi connectivity index (χ0n) is 23.6. The molecule has 10 aromatic rings. The van der Waals surface area contributed by atoms with Gasteiger partial charge in [-0.2, -0.15) is 0 Å². The second-order valence-corrected chi connectivity index (χ2v) is 11.5. The van der Waals surface area contributed by atoms with Crippen molar-refractivity contribution < 1.29 is 0 Å². The molecule has 10 rings (SSSR count). The summed E-state index contributed by atoms with van der Waals surface area (Å²) in [7, 11) is 0. The molecule has 4 heteroatoms. The van der Waals surface area contributed by atoms with Gasteiger partial charge in [0.2, 0.25) is 0 Å². The Bertz CT molecular complexity index is 2690. The first kappa shape index (κ1) is 23.6. The van der Waals surface area contributed by atoms with Gasteiger partial charge in [0.15, 0.2) is 0 Å². The lowest BCUT2D eigenvalue weighted by Crippen LogP contribution is -1.98. The fraction of sp³-hybridized carbons (Fsp3) is 0. The van der Waals surface area contributed by atoms with E-state index in [-0.39, 0.29) is 0 Å². The van der Waals surface area contributed by atoms with Crippen LogP contribution in [-0.2, 0) is 0 Å². The van der Waals surface area contributed by atoms with Crippen LogP contribution in [0, 0.1) is 0 Å². The van der Waals surface area contributed by atoms with E-state index in [0.717, 1.165) is 39.2 Å². The normalized spacial score (nSPS) is 12.1. The first-order valence-electron chi connectivity index (χ1n) is 14.9. The molecular formula is C40H24N4. The average Bonchev–Trinajstić information content (AvgIpc) is 3.64. The summed E-state index contributed by atoms with van der Waals surface area (Å²) in [5, 5.41) is 6.35. The second kappa shape index (κ2) is 8.76. The maximum Gasteiger partial charge on any atom is 0.0973 e. The largest absolute Gasteiger partial charge is 0.315 e. The van der Waals surface area contributed by atoms with E-state index in [0.29, 0.717) is 0 Å². The van der Waals surface area contributed by atoms with Gasteiger partial charge in [-0.1, -0.05) is 91.0 Å². The third-order valence-electron chi connectivity index (χ3n) is 9.05. The van der Waals surface area contributed by atoms with Crippen molar-refractivity contribution in [1.29, 1.82) is 0 Å². The Morgan fingerprint density at radius 2 is 1.09 bits per heavy atom. The molecule has 0 aliphatic carbocycles. The fourth-order valence-electron chi connectivity index (χ4n) is 7.20. The fourth-order valence-corrected chi connectivity index (χ4v) is 7.20. The minimum absolute atomic E-state index is 0.878. The molecule has 0 amide bonds. The molecule has 0 saturated heterocycles. The number of hydrogen-bond donors (Lipinski definition) is 0. The first-order valence-corrected chi connectivity index (χ1v) is 14.9. The van der Waals surface area contributed by atoms with Gasteiger partial charge >= 0.3 is 0 Å². The minimum Gasteiger partial charge on any atom is -0.315 e. The molecule has 0 radical (unpaired) electrons. The zero-order valence-corrected chi connectivity index (χ0v) is 23.6. The van der Waals surface area contributed by atoms with Crippen LogP contribution in [0.1, 0.15) is 0 Å². The van der Waals surface area contributed by atoms with Crippen molar-refractivity contribution in [3.05, 3.63) is 146 Å². The molecule has 6 aromatic carbocycles. The Kier molecular flexibility index (Phi) is 4.69. The Hall–Kier alpha value is -6.00. The molecule has 0 N–H and O–H groups in total. The topological polar surface area (TPSA) is 35.1 Å². The molecule has 0 aliphatic heterocycles. The molecule has 0 saturated carbocycles. The predicted molar refractivity (Wildman–Crippen MR) is 182 cm³/mol. The van der Waals surface area contributed by atoms with E-state index >= 15 is 0 Å². The van der Waals surface area contributed by atoms with E-state index < -0.39 is 0 Å². The van der Waals surface area contributed by atoms with E-state index in [4.69, 9.17) is 9.97 Å². The highest BCUT2D eigenvalue weighted by Crippen LogP contribution is 2.42. The number of fused-ring (bicyclic) bond motifs is 3. The lowest BCUT2D eigenvalue weighted by atomic mass is 10.0. The van der Waals surface area contributed by atoms with Gasteiger partial charge in [0.25, 0.3) is 0 Å². The van der Waals surface area contributed by atoms with E-state index in [1.165, 1.54) is 49.0 Å². The van der Waals surface area contributed by atoms with Crippen LogP contribution in [0.2, 0.25) is 0 Å². The van der Waals surface area contributed by atoms with Crippen molar-refractivity contribution in [2.75, 3.05) is 0 Å². The third-order valence-corrected chi connectivity index (χ3v) is 9.05. The molecule has 4 aromatic heterocycles. The summed E-state index contributed by atoms with van der Waals surface area (Å²) in [6.45, 7) is 0. The van der Waals surface area contributed by atoms with Gasteiger partial charge < -0.3 is 8.97 Å². The molecule has 4 nitrogen and oxygen atoms in total. The number of benzene rings is 6. The molecule has 4 heterocycles. The van der Waals surface area contributed by atoms with Gasteiger partial charge in [-0.05, 0) is 53.9 Å². The Morgan fingerprint density at radius 3 is 1.93 bits per heavy atom. The van der Waals surface area contributed by atoms with Crippen molar-refractivity contribution in [1.82, 2.24) is 18.9 Å². The number of hydrogen-bond acceptors (Lipinski definition) is 2. The molecule has 0 bridgehead atoms. The SMILES string of the molecule is c1ccc(-c2nc3ccccc3nc2-c2cccc(-n3c4cccc5c6cccc7ccn(c8cccc3c8c54)c76)c2)cc1. The highest BCUT2D eigenvalue weighted by atomic mass is 15.0. The molecule has 0 aliphatic rings. The predicted octanol–water partition coefficient (Wildman–Crippen LogP) is 10.1. The quantitative estimate of drug-likeness (QED) is 0.215. The Labute approximate surface area is 252 Å². The third kappa shape index (κ3) is 3.17. The van der Waals surface area contributed by atoms with Crippen LogP contribution in [0.4, 0.5) is 0 Å². The molecule has 204 valence electrons. The number of rotatable bonds is 3. The lowest BCUT2D eigenvalue weighted by Gasteiger charge is -2.13. The summed E-state index contributed by atoms with van der Waals surface area (Å²) < 4.78 is 4.77. The Balaban J connectivity index is 1.29. The highest BCUT2D eigenvalue weighted by Gasteiger charge is 2.20. The standard InChI is InChI=1S/C40H24N4/c1-2-10-25(11-3-1)38-39(42-32-18-5-4-17-31(32)41-38)27-13-6-14-28(24-27)44-34-20-8-15-29-30-16-7-12-26-22-23-43(40(26)30)33-19-9-21-35(44)37(33)36(29)34/h1-24H. The summed E-state index contributed by atoms with van der Waals surface area (Å²) in [5.74, 6) is 0. The summed E-state index contributed by atoms with van der Waals surface area (Å²) in [6, 6.07) is 49.5. The van der Waals surface area contributed by atoms with Gasteiger partial charge in [-0.25, -0.2) is 9.97 Å². The van der Waals surface area contributed by atoms with Crippen molar-refractivity contribution >= 4 is 60.0 Å². The van der Waals surface area contributed by atoms with Crippen molar-refractivity contribution in [2.45, 2.75) is 0 Å². The molecule has 0 spiro atoms. The zero-order chi connectivity index (χ0) is 28.8. The molecule has 44 heavy (non-hydrogen) atoms. The van der Waals surface area contributed by atoms with E-state index in [1.54, 1.807) is 0 Å². The van der Waals surface area contributed by atoms with Gasteiger partial charge in [0.05, 0.1) is 44.5 Å². The van der Waals surface area contributed by atoms with E-state index in [2.05, 4.69) is 124 Å². The molecule has 0 atom stereocenters. The maximum absolute atomic E-state index is 5.19. The highest BCUT2D eigenvalue weighted by molar-refractivity contribution is 6.28. The number of para-hydroxylation sites is 3. The summed E-state index contributed by atoms with van der Waals surface area (Å²) >= 11 is 0. The van der Waals surface area contributed by atoms with Crippen LogP contribution < -0.4 is 0 Å². The number of aromatic nitrogens is 4. The van der Waals surface area contributed by atoms with Gasteiger partial charge in [0, 0.05) is 44.6 Å². The van der Waals surface area contributed by atoms with Gasteiger partial charge in [-0.15, -0.1) is 0 Å². The second-order valence-electron chi connectivity index (χ2n) is 11.5. The average molecular weight is 561 g/mol. The first-order chi connectivity index (χ1) is 21.8. The lowest BCUT2D eigenvalue weighted by molar-refractivity contribution is 1.18. The maximum atomic E-state index is 5.19. The van der Waals surface area contributed by atoms with Crippen LogP contribution in [0.25, 0.3) is 88.2 Å². The van der Waals surface area contributed by atoms with Crippen molar-refractivity contribution in [3.8, 4) is 28.2 Å². The van der Waals surface area contributed by atoms with E-state index in [1.807, 2.05) is 30.3 Å². The summed E-state index contributed by atoms with van der Waals surface area (Å²) in [5.41, 5.74) is 11.6. The van der Waals surface area contributed by atoms with Crippen LogP contribution >= 0.6 is 0 Å². The van der Waals surface area contributed by atoms with Crippen LogP contribution in [0.15, 0.2) is 146 Å². The monoisotopic (exact) mass is 560 g/mol. The van der Waals surface area contributed by atoms with Crippen LogP contribution in [0.3, 0.4) is 0 Å². The van der Waals surface area contributed by atoms with Crippen LogP contribution in [-0.4, -0.2) is 18.9 Å². The summed E-state index contributed by atoms with van der Waals surface area (Å²) in [4.78, 5) is 10.3. The van der Waals surface area contributed by atoms with Crippen molar-refractivity contribution in [3.63, 3.8) is 0 Å². The smallest absolute Gasteiger partial charge is 0.0973 e. The van der Waals surface area contributed by atoms with Gasteiger partial charge in [0.1, 0.15) is 0 Å². The van der Waals surface area contributed by atoms with Crippen LogP contribution in [0.5, 0.6) is 0 Å². The van der Waals surface area contributed by atoms with Gasteiger partial charge in [-0.3, -0.25) is 0 Å². The summed E-state index contributed by atoms with van der Waals surface area (Å²) in [6.07, 6.45) is 2.21. The molecule has 0 unspecified atom stereocenters.